The SMILES string of the molecule is C=COc1ccccc1C[SiH3]. The summed E-state index contributed by atoms with van der Waals surface area (Å²) >= 11 is 0. The molecule has 0 saturated carbocycles. The van der Waals surface area contributed by atoms with Crippen LogP contribution in [0.4, 0.5) is 0 Å². The van der Waals surface area contributed by atoms with E-state index in [1.165, 1.54) is 22.1 Å². The van der Waals surface area contributed by atoms with E-state index >= 15 is 0 Å². The molecule has 11 heavy (non-hydrogen) atoms. The third-order valence-electron chi connectivity index (χ3n) is 1.56. The molecule has 0 radical (unpaired) electrons. The third-order valence-corrected chi connectivity index (χ3v) is 2.33. The molecular formula is C9H12OSi. The fraction of sp³-hybridized carbons (Fsp3) is 0.111. The highest BCUT2D eigenvalue weighted by Gasteiger charge is 1.96. The average Bonchev–Trinajstić information content (AvgIpc) is 2.06. The van der Waals surface area contributed by atoms with Crippen molar-refractivity contribution in [3.05, 3.63) is 42.7 Å². The van der Waals surface area contributed by atoms with Gasteiger partial charge in [-0.1, -0.05) is 24.8 Å². The van der Waals surface area contributed by atoms with Gasteiger partial charge in [0.05, 0.1) is 6.26 Å². The molecule has 1 nitrogen and oxygen atoms in total. The Balaban J connectivity index is 2.92. The first-order valence-electron chi connectivity index (χ1n) is 3.74. The van der Waals surface area contributed by atoms with E-state index in [1.54, 1.807) is 0 Å². The molecule has 0 bridgehead atoms. The quantitative estimate of drug-likeness (QED) is 0.480. The van der Waals surface area contributed by atoms with E-state index in [9.17, 15) is 0 Å². The van der Waals surface area contributed by atoms with Crippen LogP contribution in [0.25, 0.3) is 0 Å². The van der Waals surface area contributed by atoms with Crippen LogP contribution in [-0.2, 0) is 6.04 Å². The van der Waals surface area contributed by atoms with E-state index in [0.717, 1.165) is 11.8 Å². The first-order chi connectivity index (χ1) is 5.38. The summed E-state index contributed by atoms with van der Waals surface area (Å²) in [6.45, 7) is 3.52. The Hall–Kier alpha value is -1.02. The Morgan fingerprint density at radius 3 is 2.82 bits per heavy atom. The zero-order valence-corrected chi connectivity index (χ0v) is 8.71. The highest BCUT2D eigenvalue weighted by atomic mass is 28.1. The van der Waals surface area contributed by atoms with Gasteiger partial charge in [-0.15, -0.1) is 0 Å². The average molecular weight is 164 g/mol. The van der Waals surface area contributed by atoms with Gasteiger partial charge in [0.2, 0.25) is 0 Å². The lowest BCUT2D eigenvalue weighted by molar-refractivity contribution is 0.479. The second-order valence-electron chi connectivity index (χ2n) is 2.25. The standard InChI is InChI=1S/C9H12OSi/c1-2-10-9-6-4-3-5-8(9)7-11/h2-6H,1,7H2,11H3. The van der Waals surface area contributed by atoms with Crippen molar-refractivity contribution in [2.24, 2.45) is 0 Å². The van der Waals surface area contributed by atoms with Crippen molar-refractivity contribution in [2.45, 2.75) is 6.04 Å². The molecule has 0 aromatic heterocycles. The van der Waals surface area contributed by atoms with Crippen molar-refractivity contribution in [1.82, 2.24) is 0 Å². The second-order valence-corrected chi connectivity index (χ2v) is 2.95. The summed E-state index contributed by atoms with van der Waals surface area (Å²) in [7, 11) is 1.17. The topological polar surface area (TPSA) is 9.23 Å². The monoisotopic (exact) mass is 164 g/mol. The predicted molar refractivity (Wildman–Crippen MR) is 50.9 cm³/mol. The van der Waals surface area contributed by atoms with Crippen LogP contribution in [0.2, 0.25) is 0 Å². The van der Waals surface area contributed by atoms with Crippen LogP contribution in [-0.4, -0.2) is 10.2 Å². The van der Waals surface area contributed by atoms with Crippen LogP contribution < -0.4 is 4.74 Å². The molecule has 0 aliphatic carbocycles. The van der Waals surface area contributed by atoms with Crippen molar-refractivity contribution in [1.29, 1.82) is 0 Å². The van der Waals surface area contributed by atoms with Crippen LogP contribution in [0, 0.1) is 0 Å². The van der Waals surface area contributed by atoms with Gasteiger partial charge >= 0.3 is 0 Å². The summed E-state index contributed by atoms with van der Waals surface area (Å²) in [6.07, 6.45) is 1.47. The lowest BCUT2D eigenvalue weighted by atomic mass is 10.2. The third kappa shape index (κ3) is 1.95. The lowest BCUT2D eigenvalue weighted by Crippen LogP contribution is -1.89. The molecule has 2 heteroatoms. The normalized spacial score (nSPS) is 9.45. The molecule has 0 spiro atoms. The van der Waals surface area contributed by atoms with Crippen molar-refractivity contribution in [2.75, 3.05) is 0 Å². The van der Waals surface area contributed by atoms with Gasteiger partial charge in [0, 0.05) is 10.2 Å². The maximum absolute atomic E-state index is 5.21. The molecule has 0 heterocycles. The molecule has 0 saturated heterocycles. The van der Waals surface area contributed by atoms with Gasteiger partial charge in [-0.05, 0) is 17.7 Å². The fourth-order valence-corrected chi connectivity index (χ4v) is 1.58. The summed E-state index contributed by atoms with van der Waals surface area (Å²) in [5, 5.41) is 0. The zero-order valence-electron chi connectivity index (χ0n) is 6.71. The van der Waals surface area contributed by atoms with Crippen LogP contribution >= 0.6 is 0 Å². The maximum Gasteiger partial charge on any atom is 0.129 e. The summed E-state index contributed by atoms with van der Waals surface area (Å²) in [5.41, 5.74) is 1.28. The minimum atomic E-state index is 0.942. The summed E-state index contributed by atoms with van der Waals surface area (Å²) in [5.74, 6) is 0.942. The number of hydrogen-bond donors (Lipinski definition) is 0. The molecule has 0 N–H and O–H groups in total. The van der Waals surface area contributed by atoms with E-state index < -0.39 is 0 Å². The number of para-hydroxylation sites is 1. The largest absolute Gasteiger partial charge is 0.465 e. The van der Waals surface area contributed by atoms with Crippen molar-refractivity contribution in [3.63, 3.8) is 0 Å². The molecule has 0 aliphatic heterocycles. The van der Waals surface area contributed by atoms with Gasteiger partial charge in [-0.2, -0.15) is 0 Å². The van der Waals surface area contributed by atoms with Gasteiger partial charge < -0.3 is 4.74 Å². The maximum atomic E-state index is 5.21. The van der Waals surface area contributed by atoms with E-state index in [-0.39, 0.29) is 0 Å². The molecule has 0 atom stereocenters. The Labute approximate surface area is 70.1 Å². The zero-order chi connectivity index (χ0) is 8.10. The summed E-state index contributed by atoms with van der Waals surface area (Å²) in [4.78, 5) is 0. The molecule has 0 aliphatic rings. The highest BCUT2D eigenvalue weighted by molar-refractivity contribution is 6.08. The van der Waals surface area contributed by atoms with Gasteiger partial charge in [-0.3, -0.25) is 0 Å². The first kappa shape index (κ1) is 8.08. The smallest absolute Gasteiger partial charge is 0.129 e. The van der Waals surface area contributed by atoms with Gasteiger partial charge in [0.1, 0.15) is 5.75 Å². The van der Waals surface area contributed by atoms with E-state index in [4.69, 9.17) is 4.74 Å². The van der Waals surface area contributed by atoms with Crippen LogP contribution in [0.5, 0.6) is 5.75 Å². The first-order valence-corrected chi connectivity index (χ1v) is 5.15. The minimum absolute atomic E-state index is 0.942. The van der Waals surface area contributed by atoms with Crippen molar-refractivity contribution < 1.29 is 4.74 Å². The molecule has 0 amide bonds. The number of ether oxygens (including phenoxy) is 1. The van der Waals surface area contributed by atoms with E-state index in [1.807, 2.05) is 18.2 Å². The van der Waals surface area contributed by atoms with Crippen molar-refractivity contribution >= 4 is 10.2 Å². The molecule has 0 fully saturated rings. The van der Waals surface area contributed by atoms with Gasteiger partial charge in [-0.25, -0.2) is 0 Å². The second kappa shape index (κ2) is 3.98. The lowest BCUT2D eigenvalue weighted by Gasteiger charge is -2.04. The van der Waals surface area contributed by atoms with E-state index in [0.29, 0.717) is 0 Å². The molecular weight excluding hydrogens is 152 g/mol. The molecule has 58 valence electrons. The highest BCUT2D eigenvalue weighted by Crippen LogP contribution is 2.17. The van der Waals surface area contributed by atoms with Gasteiger partial charge in [0.15, 0.2) is 0 Å². The number of rotatable bonds is 3. The fourth-order valence-electron chi connectivity index (χ4n) is 1.00. The summed E-state index contributed by atoms with van der Waals surface area (Å²) < 4.78 is 5.21. The van der Waals surface area contributed by atoms with Crippen molar-refractivity contribution in [3.8, 4) is 5.75 Å². The van der Waals surface area contributed by atoms with E-state index in [2.05, 4.69) is 12.6 Å². The summed E-state index contributed by atoms with van der Waals surface area (Å²) in [6, 6.07) is 9.19. The Bertz CT molecular complexity index is 245. The Morgan fingerprint density at radius 1 is 1.45 bits per heavy atom. The molecule has 1 aromatic carbocycles. The minimum Gasteiger partial charge on any atom is -0.465 e. The molecule has 1 rings (SSSR count). The molecule has 0 unspecified atom stereocenters. The van der Waals surface area contributed by atoms with Crippen LogP contribution in [0.3, 0.4) is 0 Å². The van der Waals surface area contributed by atoms with Crippen LogP contribution in [0.1, 0.15) is 5.56 Å². The number of hydrogen-bond acceptors (Lipinski definition) is 1. The molecule has 1 aromatic rings. The predicted octanol–water partition coefficient (Wildman–Crippen LogP) is 1.07. The Kier molecular flexibility index (Phi) is 2.92. The Morgan fingerprint density at radius 2 is 2.18 bits per heavy atom. The van der Waals surface area contributed by atoms with Crippen LogP contribution in [0.15, 0.2) is 37.1 Å². The van der Waals surface area contributed by atoms with Gasteiger partial charge in [0.25, 0.3) is 0 Å². The number of benzene rings is 1.